The summed E-state index contributed by atoms with van der Waals surface area (Å²) >= 11 is 0. The number of hydrogen-bond acceptors (Lipinski definition) is 4. The first kappa shape index (κ1) is 15.3. The van der Waals surface area contributed by atoms with Crippen molar-refractivity contribution in [2.75, 3.05) is 32.0 Å². The summed E-state index contributed by atoms with van der Waals surface area (Å²) in [5, 5.41) is 5.76. The Hall–Kier alpha value is -2.11. The van der Waals surface area contributed by atoms with E-state index in [0.717, 1.165) is 25.0 Å². The van der Waals surface area contributed by atoms with E-state index in [2.05, 4.69) is 22.5 Å². The lowest BCUT2D eigenvalue weighted by Crippen LogP contribution is -2.37. The van der Waals surface area contributed by atoms with Crippen LogP contribution in [0.4, 0.5) is 5.82 Å². The zero-order valence-electron chi connectivity index (χ0n) is 12.6. The maximum absolute atomic E-state index is 12.6. The van der Waals surface area contributed by atoms with E-state index in [1.807, 2.05) is 6.07 Å². The van der Waals surface area contributed by atoms with Gasteiger partial charge in [-0.3, -0.25) is 9.59 Å². The Kier molecular flexibility index (Phi) is 5.14. The van der Waals surface area contributed by atoms with Crippen LogP contribution in [0, 0.1) is 0 Å². The fourth-order valence-corrected chi connectivity index (χ4v) is 2.39. The number of carbonyl (C=O) groups is 2. The topological polar surface area (TPSA) is 74.3 Å². The van der Waals surface area contributed by atoms with E-state index < -0.39 is 0 Å². The van der Waals surface area contributed by atoms with E-state index in [9.17, 15) is 9.59 Å². The number of carbonyl (C=O) groups excluding carboxylic acids is 2. The Morgan fingerprint density at radius 2 is 2.29 bits per heavy atom. The van der Waals surface area contributed by atoms with Gasteiger partial charge in [0.15, 0.2) is 0 Å². The molecule has 114 valence electrons. The van der Waals surface area contributed by atoms with Crippen molar-refractivity contribution in [2.45, 2.75) is 26.2 Å². The summed E-state index contributed by atoms with van der Waals surface area (Å²) < 4.78 is 0. The van der Waals surface area contributed by atoms with Gasteiger partial charge in [0.2, 0.25) is 5.91 Å². The predicted octanol–water partition coefficient (Wildman–Crippen LogP) is 1.04. The number of rotatable bonds is 4. The Morgan fingerprint density at radius 1 is 1.48 bits per heavy atom. The van der Waals surface area contributed by atoms with E-state index in [1.54, 1.807) is 18.0 Å². The maximum atomic E-state index is 12.6. The summed E-state index contributed by atoms with van der Waals surface area (Å²) in [5.41, 5.74) is 1.49. The Balaban J connectivity index is 2.24. The van der Waals surface area contributed by atoms with Crippen molar-refractivity contribution in [3.8, 4) is 0 Å². The van der Waals surface area contributed by atoms with Crippen LogP contribution >= 0.6 is 0 Å². The van der Waals surface area contributed by atoms with Gasteiger partial charge >= 0.3 is 0 Å². The molecule has 1 saturated heterocycles. The van der Waals surface area contributed by atoms with Crippen molar-refractivity contribution in [3.05, 3.63) is 23.4 Å². The average molecular weight is 290 g/mol. The van der Waals surface area contributed by atoms with Gasteiger partial charge in [-0.1, -0.05) is 13.3 Å². The normalized spacial score (nSPS) is 15.3. The molecule has 0 aromatic carbocycles. The quantitative estimate of drug-likeness (QED) is 0.869. The minimum atomic E-state index is -0.108. The predicted molar refractivity (Wildman–Crippen MR) is 81.3 cm³/mol. The molecular formula is C15H22N4O2. The highest BCUT2D eigenvalue weighted by Crippen LogP contribution is 2.14. The summed E-state index contributed by atoms with van der Waals surface area (Å²) in [6.45, 7) is 3.42. The highest BCUT2D eigenvalue weighted by Gasteiger charge is 2.21. The zero-order valence-corrected chi connectivity index (χ0v) is 12.6. The number of amides is 2. The van der Waals surface area contributed by atoms with Crippen molar-refractivity contribution < 1.29 is 9.59 Å². The molecule has 1 aromatic rings. The molecule has 0 unspecified atom stereocenters. The van der Waals surface area contributed by atoms with Crippen LogP contribution in [0.1, 0.15) is 35.8 Å². The fourth-order valence-electron chi connectivity index (χ4n) is 2.39. The average Bonchev–Trinajstić information content (AvgIpc) is 2.71. The zero-order chi connectivity index (χ0) is 15.2. The third kappa shape index (κ3) is 3.93. The molecule has 21 heavy (non-hydrogen) atoms. The van der Waals surface area contributed by atoms with Gasteiger partial charge in [-0.25, -0.2) is 4.98 Å². The third-order valence-electron chi connectivity index (χ3n) is 3.44. The van der Waals surface area contributed by atoms with Crippen LogP contribution in [0.5, 0.6) is 0 Å². The van der Waals surface area contributed by atoms with Gasteiger partial charge < -0.3 is 15.5 Å². The summed E-state index contributed by atoms with van der Waals surface area (Å²) in [6.07, 6.45) is 2.58. The van der Waals surface area contributed by atoms with Crippen LogP contribution in [-0.4, -0.2) is 48.4 Å². The number of pyridine rings is 1. The molecule has 2 N–H and O–H groups in total. The molecule has 1 aliphatic rings. The van der Waals surface area contributed by atoms with Gasteiger partial charge in [0.25, 0.3) is 5.91 Å². The van der Waals surface area contributed by atoms with Crippen molar-refractivity contribution >= 4 is 17.6 Å². The van der Waals surface area contributed by atoms with Gasteiger partial charge in [0.1, 0.15) is 5.82 Å². The van der Waals surface area contributed by atoms with E-state index in [-0.39, 0.29) is 18.4 Å². The minimum Gasteiger partial charge on any atom is -0.373 e. The minimum absolute atomic E-state index is 0.0995. The molecule has 0 saturated carbocycles. The van der Waals surface area contributed by atoms with Crippen molar-refractivity contribution in [2.24, 2.45) is 0 Å². The second-order valence-corrected chi connectivity index (χ2v) is 5.16. The van der Waals surface area contributed by atoms with Crippen LogP contribution in [0.3, 0.4) is 0 Å². The van der Waals surface area contributed by atoms with Gasteiger partial charge in [-0.15, -0.1) is 0 Å². The fraction of sp³-hybridized carbons (Fsp3) is 0.533. The molecule has 1 aromatic heterocycles. The molecule has 0 spiro atoms. The molecule has 2 amide bonds. The first-order valence-corrected chi connectivity index (χ1v) is 7.38. The lowest BCUT2D eigenvalue weighted by atomic mass is 10.1. The molecule has 2 rings (SSSR count). The lowest BCUT2D eigenvalue weighted by Gasteiger charge is -2.19. The molecule has 0 atom stereocenters. The Bertz CT molecular complexity index is 530. The Labute approximate surface area is 124 Å². The first-order valence-electron chi connectivity index (χ1n) is 7.38. The van der Waals surface area contributed by atoms with Crippen LogP contribution in [0.25, 0.3) is 0 Å². The molecule has 0 bridgehead atoms. The summed E-state index contributed by atoms with van der Waals surface area (Å²) in [5.74, 6) is 0.476. The van der Waals surface area contributed by atoms with E-state index in [0.29, 0.717) is 24.5 Å². The molecule has 0 radical (unpaired) electrons. The van der Waals surface area contributed by atoms with Gasteiger partial charge in [-0.2, -0.15) is 0 Å². The second-order valence-electron chi connectivity index (χ2n) is 5.16. The molecule has 2 heterocycles. The van der Waals surface area contributed by atoms with E-state index in [1.165, 1.54) is 0 Å². The maximum Gasteiger partial charge on any atom is 0.254 e. The SMILES string of the molecule is CCCc1cc(C(=O)N2CCCNC(=O)C2)cc(NC)n1. The first-order chi connectivity index (χ1) is 10.1. The molecule has 1 fully saturated rings. The molecule has 6 nitrogen and oxygen atoms in total. The van der Waals surface area contributed by atoms with Crippen LogP contribution in [0.15, 0.2) is 12.1 Å². The van der Waals surface area contributed by atoms with Crippen LogP contribution < -0.4 is 10.6 Å². The molecule has 0 aliphatic carbocycles. The van der Waals surface area contributed by atoms with Crippen molar-refractivity contribution in [1.82, 2.24) is 15.2 Å². The number of aryl methyl sites for hydroxylation is 1. The number of hydrogen-bond donors (Lipinski definition) is 2. The van der Waals surface area contributed by atoms with E-state index >= 15 is 0 Å². The highest BCUT2D eigenvalue weighted by molar-refractivity contribution is 5.97. The van der Waals surface area contributed by atoms with Crippen LogP contribution in [-0.2, 0) is 11.2 Å². The summed E-state index contributed by atoms with van der Waals surface area (Å²) in [7, 11) is 1.78. The molecular weight excluding hydrogens is 268 g/mol. The second kappa shape index (κ2) is 7.06. The molecule has 6 heteroatoms. The largest absolute Gasteiger partial charge is 0.373 e. The van der Waals surface area contributed by atoms with Gasteiger partial charge in [0.05, 0.1) is 6.54 Å². The smallest absolute Gasteiger partial charge is 0.254 e. The van der Waals surface area contributed by atoms with Gasteiger partial charge in [0, 0.05) is 31.4 Å². The lowest BCUT2D eigenvalue weighted by molar-refractivity contribution is -0.121. The summed E-state index contributed by atoms with van der Waals surface area (Å²) in [4.78, 5) is 30.3. The van der Waals surface area contributed by atoms with Crippen molar-refractivity contribution in [3.63, 3.8) is 0 Å². The number of aromatic nitrogens is 1. The third-order valence-corrected chi connectivity index (χ3v) is 3.44. The number of nitrogens with one attached hydrogen (secondary N) is 2. The highest BCUT2D eigenvalue weighted by atomic mass is 16.2. The monoisotopic (exact) mass is 290 g/mol. The number of nitrogens with zero attached hydrogens (tertiary/aromatic N) is 2. The Morgan fingerprint density at radius 3 is 3.00 bits per heavy atom. The van der Waals surface area contributed by atoms with Crippen LogP contribution in [0.2, 0.25) is 0 Å². The van der Waals surface area contributed by atoms with Crippen molar-refractivity contribution in [1.29, 1.82) is 0 Å². The van der Waals surface area contributed by atoms with Gasteiger partial charge in [-0.05, 0) is 25.0 Å². The molecule has 1 aliphatic heterocycles. The number of anilines is 1. The standard InChI is InChI=1S/C15H22N4O2/c1-3-5-12-8-11(9-13(16-2)18-12)15(21)19-7-4-6-17-14(20)10-19/h8-9H,3-7,10H2,1-2H3,(H,16,18)(H,17,20). The van der Waals surface area contributed by atoms with E-state index in [4.69, 9.17) is 0 Å². The summed E-state index contributed by atoms with van der Waals surface area (Å²) in [6, 6.07) is 3.57.